The van der Waals surface area contributed by atoms with Gasteiger partial charge in [0.2, 0.25) is 5.28 Å². The first-order valence-corrected chi connectivity index (χ1v) is 13.2. The number of hydrogen-bond acceptors (Lipinski definition) is 6. The highest BCUT2D eigenvalue weighted by Crippen LogP contribution is 2.44. The molecular formula is C23H16ClF3N4O2S2. The third kappa shape index (κ3) is 4.75. The highest BCUT2D eigenvalue weighted by atomic mass is 35.5. The Labute approximate surface area is 207 Å². The monoisotopic (exact) mass is 536 g/mol. The first-order chi connectivity index (χ1) is 16.7. The topological polar surface area (TPSA) is 84.8 Å². The average molecular weight is 537 g/mol. The maximum Gasteiger partial charge on any atom is 0.265 e. The molecule has 1 saturated carbocycles. The first kappa shape index (κ1) is 23.7. The van der Waals surface area contributed by atoms with E-state index in [2.05, 4.69) is 9.97 Å². The van der Waals surface area contributed by atoms with E-state index in [1.807, 2.05) is 4.72 Å². The summed E-state index contributed by atoms with van der Waals surface area (Å²) in [4.78, 5) is 12.7. The predicted molar refractivity (Wildman–Crippen MR) is 127 cm³/mol. The summed E-state index contributed by atoms with van der Waals surface area (Å²) in [5, 5.41) is 0.945. The second kappa shape index (κ2) is 9.21. The summed E-state index contributed by atoms with van der Waals surface area (Å²) >= 11 is 7.42. The Morgan fingerprint density at radius 3 is 2.49 bits per heavy atom. The number of hydrogen-bond donors (Lipinski definition) is 1. The van der Waals surface area contributed by atoms with Crippen molar-refractivity contribution in [3.63, 3.8) is 0 Å². The van der Waals surface area contributed by atoms with Gasteiger partial charge in [0.25, 0.3) is 10.0 Å². The molecule has 12 heteroatoms. The van der Waals surface area contributed by atoms with Crippen molar-refractivity contribution in [1.29, 1.82) is 0 Å². The summed E-state index contributed by atoms with van der Waals surface area (Å²) in [6, 6.07) is 7.48. The largest absolute Gasteiger partial charge is 0.277 e. The lowest BCUT2D eigenvalue weighted by atomic mass is 9.86. The molecule has 1 fully saturated rings. The number of anilines is 1. The quantitative estimate of drug-likeness (QED) is 0.288. The van der Waals surface area contributed by atoms with Crippen LogP contribution in [-0.4, -0.2) is 23.4 Å². The SMILES string of the molecule is O=S(=O)(Nc1cc(-c2nc(C3CCC3)sc2-c2ccnc(Cl)n2)ccc1F)c1cc(F)ccc1F. The normalized spacial score (nSPS) is 14.1. The van der Waals surface area contributed by atoms with E-state index in [9.17, 15) is 21.6 Å². The Morgan fingerprint density at radius 1 is 1.00 bits per heavy atom. The van der Waals surface area contributed by atoms with E-state index < -0.39 is 38.1 Å². The fraction of sp³-hybridized carbons (Fsp3) is 0.174. The maximum absolute atomic E-state index is 14.6. The van der Waals surface area contributed by atoms with Gasteiger partial charge in [-0.2, -0.15) is 0 Å². The fourth-order valence-electron chi connectivity index (χ4n) is 3.63. The lowest BCUT2D eigenvalue weighted by Gasteiger charge is -2.22. The smallest absolute Gasteiger partial charge is 0.265 e. The zero-order valence-electron chi connectivity index (χ0n) is 17.8. The van der Waals surface area contributed by atoms with Crippen LogP contribution in [0.5, 0.6) is 0 Å². The average Bonchev–Trinajstić information content (AvgIpc) is 3.20. The van der Waals surface area contributed by atoms with Crippen LogP contribution < -0.4 is 4.72 Å². The summed E-state index contributed by atoms with van der Waals surface area (Å²) in [6.07, 6.45) is 4.62. The highest BCUT2D eigenvalue weighted by Gasteiger charge is 2.27. The number of nitrogens with zero attached hydrogens (tertiary/aromatic N) is 3. The van der Waals surface area contributed by atoms with Crippen LogP contribution in [0.1, 0.15) is 30.2 Å². The van der Waals surface area contributed by atoms with E-state index >= 15 is 0 Å². The van der Waals surface area contributed by atoms with Crippen molar-refractivity contribution >= 4 is 38.6 Å². The van der Waals surface area contributed by atoms with Crippen molar-refractivity contribution in [1.82, 2.24) is 15.0 Å². The van der Waals surface area contributed by atoms with Gasteiger partial charge in [0, 0.05) is 17.7 Å². The van der Waals surface area contributed by atoms with Crippen LogP contribution in [-0.2, 0) is 10.0 Å². The number of benzene rings is 2. The van der Waals surface area contributed by atoms with Gasteiger partial charge in [0.05, 0.1) is 27.0 Å². The van der Waals surface area contributed by atoms with Gasteiger partial charge in [0.1, 0.15) is 22.3 Å². The van der Waals surface area contributed by atoms with Gasteiger partial charge >= 0.3 is 0 Å². The second-order valence-electron chi connectivity index (χ2n) is 7.94. The summed E-state index contributed by atoms with van der Waals surface area (Å²) in [6.45, 7) is 0. The lowest BCUT2D eigenvalue weighted by molar-refractivity contribution is 0.418. The van der Waals surface area contributed by atoms with Crippen molar-refractivity contribution in [3.8, 4) is 21.8 Å². The Bertz CT molecular complexity index is 1540. The van der Waals surface area contributed by atoms with Gasteiger partial charge in [-0.05, 0) is 66.9 Å². The van der Waals surface area contributed by atoms with E-state index in [0.717, 1.165) is 36.4 Å². The Kier molecular flexibility index (Phi) is 6.24. The third-order valence-corrected chi connectivity index (χ3v) is 8.43. The first-order valence-electron chi connectivity index (χ1n) is 10.5. The minimum atomic E-state index is -4.62. The number of halogens is 4. The van der Waals surface area contributed by atoms with Crippen molar-refractivity contribution in [2.24, 2.45) is 0 Å². The Morgan fingerprint density at radius 2 is 1.77 bits per heavy atom. The molecule has 1 aliphatic carbocycles. The summed E-state index contributed by atoms with van der Waals surface area (Å²) in [7, 11) is -4.62. The molecule has 0 radical (unpaired) electrons. The minimum Gasteiger partial charge on any atom is -0.277 e. The molecule has 2 heterocycles. The fourth-order valence-corrected chi connectivity index (χ4v) is 6.15. The van der Waals surface area contributed by atoms with E-state index in [-0.39, 0.29) is 5.28 Å². The van der Waals surface area contributed by atoms with Crippen LogP contribution in [0.3, 0.4) is 0 Å². The predicted octanol–water partition coefficient (Wildman–Crippen LogP) is 6.41. The molecule has 1 N–H and O–H groups in total. The Balaban J connectivity index is 1.58. The minimum absolute atomic E-state index is 0.0525. The standard InChI is InChI=1S/C23H16ClF3N4O2S2/c24-23-28-9-8-17(29-23)21-20(30-22(34-21)12-2-1-3-12)13-4-6-15(26)18(10-13)31-35(32,33)19-11-14(25)5-7-16(19)27/h4-12,31H,1-3H2. The molecule has 2 aromatic carbocycles. The van der Waals surface area contributed by atoms with Crippen molar-refractivity contribution in [2.75, 3.05) is 4.72 Å². The molecule has 0 atom stereocenters. The number of sulfonamides is 1. The zero-order chi connectivity index (χ0) is 24.7. The lowest BCUT2D eigenvalue weighted by Crippen LogP contribution is -2.16. The molecule has 5 rings (SSSR count). The van der Waals surface area contributed by atoms with Gasteiger partial charge in [0.15, 0.2) is 0 Å². The van der Waals surface area contributed by atoms with Gasteiger partial charge < -0.3 is 0 Å². The summed E-state index contributed by atoms with van der Waals surface area (Å²) < 4.78 is 69.7. The van der Waals surface area contributed by atoms with Gasteiger partial charge in [-0.25, -0.2) is 36.5 Å². The van der Waals surface area contributed by atoms with E-state index in [4.69, 9.17) is 16.6 Å². The van der Waals surface area contributed by atoms with Crippen LogP contribution in [0.4, 0.5) is 18.9 Å². The van der Waals surface area contributed by atoms with Crippen LogP contribution in [0.2, 0.25) is 5.28 Å². The van der Waals surface area contributed by atoms with Crippen molar-refractivity contribution in [2.45, 2.75) is 30.1 Å². The van der Waals surface area contributed by atoms with Gasteiger partial charge in [-0.15, -0.1) is 11.3 Å². The molecule has 0 spiro atoms. The molecule has 35 heavy (non-hydrogen) atoms. The zero-order valence-corrected chi connectivity index (χ0v) is 20.2. The van der Waals surface area contributed by atoms with Gasteiger partial charge in [-0.3, -0.25) is 4.72 Å². The molecular weight excluding hydrogens is 521 g/mol. The van der Waals surface area contributed by atoms with Crippen molar-refractivity contribution in [3.05, 3.63) is 76.4 Å². The highest BCUT2D eigenvalue weighted by molar-refractivity contribution is 7.92. The third-order valence-electron chi connectivity index (χ3n) is 5.62. The summed E-state index contributed by atoms with van der Waals surface area (Å²) in [5.74, 6) is -2.70. The van der Waals surface area contributed by atoms with E-state index in [0.29, 0.717) is 39.9 Å². The number of rotatable bonds is 6. The van der Waals surface area contributed by atoms with Gasteiger partial charge in [-0.1, -0.05) is 6.42 Å². The number of aromatic nitrogens is 3. The molecule has 0 saturated heterocycles. The van der Waals surface area contributed by atoms with Crippen LogP contribution in [0.25, 0.3) is 21.8 Å². The Hall–Kier alpha value is -3.02. The van der Waals surface area contributed by atoms with E-state index in [1.54, 1.807) is 6.07 Å². The maximum atomic E-state index is 14.6. The molecule has 0 bridgehead atoms. The molecule has 0 amide bonds. The second-order valence-corrected chi connectivity index (χ2v) is 11.0. The molecule has 0 aliphatic heterocycles. The van der Waals surface area contributed by atoms with Crippen LogP contribution in [0, 0.1) is 17.5 Å². The van der Waals surface area contributed by atoms with Crippen LogP contribution >= 0.6 is 22.9 Å². The van der Waals surface area contributed by atoms with E-state index in [1.165, 1.54) is 29.7 Å². The summed E-state index contributed by atoms with van der Waals surface area (Å²) in [5.41, 5.74) is 0.979. The van der Waals surface area contributed by atoms with Crippen molar-refractivity contribution < 1.29 is 21.6 Å². The molecule has 0 unspecified atom stereocenters. The molecule has 4 aromatic rings. The molecule has 1 aliphatic rings. The number of nitrogens with one attached hydrogen (secondary N) is 1. The molecule has 2 aromatic heterocycles. The van der Waals surface area contributed by atoms with Crippen LogP contribution in [0.15, 0.2) is 53.6 Å². The molecule has 180 valence electrons. The molecule has 6 nitrogen and oxygen atoms in total. The number of thiazole rings is 1.